The molecule has 0 amide bonds. The van der Waals surface area contributed by atoms with Gasteiger partial charge in [0.2, 0.25) is 0 Å². The Kier molecular flexibility index (Phi) is 16.0. The van der Waals surface area contributed by atoms with Crippen molar-refractivity contribution in [2.24, 2.45) is 0 Å². The molecule has 4 heteroatoms. The van der Waals surface area contributed by atoms with Crippen molar-refractivity contribution in [1.29, 1.82) is 0 Å². The molecule has 1 rings (SSSR count). The van der Waals surface area contributed by atoms with E-state index in [0.717, 1.165) is 36.0 Å². The molecule has 0 bridgehead atoms. The maximum Gasteiger partial charge on any atom is 0.314 e. The summed E-state index contributed by atoms with van der Waals surface area (Å²) in [5.41, 5.74) is 2.39. The molecule has 39 heavy (non-hydrogen) atoms. The van der Waals surface area contributed by atoms with Crippen molar-refractivity contribution in [3.63, 3.8) is 0 Å². The zero-order valence-electron chi connectivity index (χ0n) is 26.7. The average Bonchev–Trinajstić information content (AvgIpc) is 2.84. The SMILES string of the molecule is CCCCCCCCCCCCCCCC(CC(=O)OC(=O)CC)c1cc(C(C)(C)C)c(O)c(C(C)(C)C)c1. The van der Waals surface area contributed by atoms with Gasteiger partial charge in [-0.25, -0.2) is 0 Å². The number of phenolic OH excluding ortho intramolecular Hbond substituents is 1. The second-order valence-electron chi connectivity index (χ2n) is 13.6. The lowest BCUT2D eigenvalue weighted by Gasteiger charge is -2.30. The Morgan fingerprint density at radius 1 is 0.692 bits per heavy atom. The zero-order valence-corrected chi connectivity index (χ0v) is 26.7. The molecule has 0 aromatic heterocycles. The van der Waals surface area contributed by atoms with Crippen LogP contribution in [0.4, 0.5) is 0 Å². The minimum absolute atomic E-state index is 0.0438. The number of esters is 2. The van der Waals surface area contributed by atoms with Crippen LogP contribution >= 0.6 is 0 Å². The summed E-state index contributed by atoms with van der Waals surface area (Å²) in [7, 11) is 0. The van der Waals surface area contributed by atoms with E-state index in [4.69, 9.17) is 4.74 Å². The average molecular weight is 545 g/mol. The molecular formula is C35H60O4. The summed E-state index contributed by atoms with van der Waals surface area (Å²) < 4.78 is 5.06. The van der Waals surface area contributed by atoms with Gasteiger partial charge in [-0.3, -0.25) is 9.59 Å². The third-order valence-corrected chi connectivity index (χ3v) is 7.81. The minimum atomic E-state index is -0.476. The second-order valence-corrected chi connectivity index (χ2v) is 13.6. The first-order valence-corrected chi connectivity index (χ1v) is 15.9. The molecule has 4 nitrogen and oxygen atoms in total. The van der Waals surface area contributed by atoms with Gasteiger partial charge in [0, 0.05) is 6.42 Å². The summed E-state index contributed by atoms with van der Waals surface area (Å²) in [4.78, 5) is 24.4. The van der Waals surface area contributed by atoms with Gasteiger partial charge in [-0.2, -0.15) is 0 Å². The number of carbonyl (C=O) groups is 2. The van der Waals surface area contributed by atoms with Crippen LogP contribution < -0.4 is 0 Å². The van der Waals surface area contributed by atoms with Crippen LogP contribution in [-0.4, -0.2) is 17.0 Å². The molecule has 1 aromatic rings. The van der Waals surface area contributed by atoms with Crippen molar-refractivity contribution in [1.82, 2.24) is 0 Å². The Labute approximate surface area is 240 Å². The number of carbonyl (C=O) groups excluding carboxylic acids is 2. The van der Waals surface area contributed by atoms with Gasteiger partial charge in [-0.15, -0.1) is 0 Å². The van der Waals surface area contributed by atoms with Gasteiger partial charge >= 0.3 is 11.9 Å². The van der Waals surface area contributed by atoms with Crippen LogP contribution in [-0.2, 0) is 25.2 Å². The first-order chi connectivity index (χ1) is 18.3. The molecule has 0 radical (unpaired) electrons. The smallest absolute Gasteiger partial charge is 0.314 e. The third-order valence-electron chi connectivity index (χ3n) is 7.81. The topological polar surface area (TPSA) is 63.6 Å². The highest BCUT2D eigenvalue weighted by Gasteiger charge is 2.29. The fourth-order valence-corrected chi connectivity index (χ4v) is 5.27. The molecular weight excluding hydrogens is 484 g/mol. The van der Waals surface area contributed by atoms with Crippen molar-refractivity contribution in [3.8, 4) is 5.75 Å². The monoisotopic (exact) mass is 544 g/mol. The summed E-state index contributed by atoms with van der Waals surface area (Å²) in [6.07, 6.45) is 18.2. The van der Waals surface area contributed by atoms with Crippen LogP contribution in [0.25, 0.3) is 0 Å². The minimum Gasteiger partial charge on any atom is -0.507 e. The molecule has 0 fully saturated rings. The van der Waals surface area contributed by atoms with Gasteiger partial charge in [0.05, 0.1) is 6.42 Å². The van der Waals surface area contributed by atoms with Gasteiger partial charge < -0.3 is 9.84 Å². The number of benzene rings is 1. The first-order valence-electron chi connectivity index (χ1n) is 15.9. The highest BCUT2D eigenvalue weighted by Crippen LogP contribution is 2.42. The van der Waals surface area contributed by atoms with Gasteiger partial charge in [0.25, 0.3) is 0 Å². The van der Waals surface area contributed by atoms with Gasteiger partial charge in [0.15, 0.2) is 0 Å². The van der Waals surface area contributed by atoms with Gasteiger partial charge in [-0.05, 0) is 39.9 Å². The van der Waals surface area contributed by atoms with E-state index in [-0.39, 0.29) is 29.6 Å². The van der Waals surface area contributed by atoms with Crippen molar-refractivity contribution < 1.29 is 19.4 Å². The standard InChI is InChI=1S/C35H60O4/c1-9-11-12-13-14-15-16-17-18-19-20-21-22-23-27(26-32(37)39-31(36)10-2)28-24-29(34(3,4)5)33(38)30(25-28)35(6,7)8/h24-25,27,38H,9-23,26H2,1-8H3. The zero-order chi connectivity index (χ0) is 29.5. The van der Waals surface area contributed by atoms with Crippen molar-refractivity contribution in [2.45, 2.75) is 175 Å². The van der Waals surface area contributed by atoms with E-state index >= 15 is 0 Å². The summed E-state index contributed by atoms with van der Waals surface area (Å²) >= 11 is 0. The van der Waals surface area contributed by atoms with Gasteiger partial charge in [0.1, 0.15) is 5.75 Å². The lowest BCUT2D eigenvalue weighted by Crippen LogP contribution is -2.20. The molecule has 0 heterocycles. The van der Waals surface area contributed by atoms with Crippen molar-refractivity contribution in [3.05, 3.63) is 28.8 Å². The van der Waals surface area contributed by atoms with E-state index in [0.29, 0.717) is 5.75 Å². The molecule has 0 saturated heterocycles. The van der Waals surface area contributed by atoms with E-state index in [9.17, 15) is 14.7 Å². The predicted octanol–water partition coefficient (Wildman–Crippen LogP) is 10.4. The molecule has 1 atom stereocenters. The van der Waals surface area contributed by atoms with Crippen LogP contribution in [0.2, 0.25) is 0 Å². The number of aromatic hydroxyl groups is 1. The van der Waals surface area contributed by atoms with Crippen molar-refractivity contribution in [2.75, 3.05) is 0 Å². The number of hydrogen-bond donors (Lipinski definition) is 1. The molecule has 1 aromatic carbocycles. The van der Waals surface area contributed by atoms with Crippen LogP contribution in [0.1, 0.15) is 181 Å². The van der Waals surface area contributed by atoms with E-state index in [1.165, 1.54) is 70.6 Å². The number of unbranched alkanes of at least 4 members (excludes halogenated alkanes) is 12. The van der Waals surface area contributed by atoms with E-state index in [1.807, 2.05) is 0 Å². The number of rotatable bonds is 18. The predicted molar refractivity (Wildman–Crippen MR) is 165 cm³/mol. The summed E-state index contributed by atoms with van der Waals surface area (Å²) in [6, 6.07) is 4.15. The Balaban J connectivity index is 2.81. The molecule has 224 valence electrons. The second kappa shape index (κ2) is 17.8. The summed E-state index contributed by atoms with van der Waals surface area (Å²) in [6.45, 7) is 16.6. The molecule has 1 N–H and O–H groups in total. The highest BCUT2D eigenvalue weighted by molar-refractivity contribution is 5.85. The fourth-order valence-electron chi connectivity index (χ4n) is 5.27. The maximum atomic E-state index is 12.7. The Bertz CT molecular complexity index is 821. The summed E-state index contributed by atoms with van der Waals surface area (Å²) in [5, 5.41) is 11.2. The van der Waals surface area contributed by atoms with Crippen LogP contribution in [0, 0.1) is 0 Å². The highest BCUT2D eigenvalue weighted by atomic mass is 16.6. The lowest BCUT2D eigenvalue weighted by molar-refractivity contribution is -0.159. The van der Waals surface area contributed by atoms with E-state index < -0.39 is 11.9 Å². The lowest BCUT2D eigenvalue weighted by atomic mass is 9.76. The van der Waals surface area contributed by atoms with Crippen molar-refractivity contribution >= 4 is 11.9 Å². The number of hydrogen-bond acceptors (Lipinski definition) is 4. The summed E-state index contributed by atoms with van der Waals surface area (Å²) in [5.74, 6) is -0.625. The fraction of sp³-hybridized carbons (Fsp3) is 0.771. The molecule has 0 aliphatic carbocycles. The number of ether oxygens (including phenoxy) is 1. The van der Waals surface area contributed by atoms with Crippen LogP contribution in [0.15, 0.2) is 12.1 Å². The normalized spacial score (nSPS) is 12.9. The Morgan fingerprint density at radius 2 is 1.10 bits per heavy atom. The Morgan fingerprint density at radius 3 is 1.49 bits per heavy atom. The largest absolute Gasteiger partial charge is 0.507 e. The molecule has 0 spiro atoms. The molecule has 0 aliphatic heterocycles. The molecule has 0 aliphatic rings. The third kappa shape index (κ3) is 13.9. The van der Waals surface area contributed by atoms with Crippen LogP contribution in [0.5, 0.6) is 5.75 Å². The van der Waals surface area contributed by atoms with Crippen LogP contribution in [0.3, 0.4) is 0 Å². The maximum absolute atomic E-state index is 12.7. The number of phenols is 1. The molecule has 0 saturated carbocycles. The first kappa shape index (κ1) is 35.2. The Hall–Kier alpha value is -1.84. The van der Waals surface area contributed by atoms with E-state index in [1.54, 1.807) is 6.92 Å². The quantitative estimate of drug-likeness (QED) is 0.113. The van der Waals surface area contributed by atoms with Gasteiger partial charge in [-0.1, -0.05) is 151 Å². The molecule has 1 unspecified atom stereocenters. The van der Waals surface area contributed by atoms with E-state index in [2.05, 4.69) is 60.6 Å².